The van der Waals surface area contributed by atoms with Crippen LogP contribution in [0.15, 0.2) is 30.3 Å². The summed E-state index contributed by atoms with van der Waals surface area (Å²) in [5.41, 5.74) is 2.35. The third-order valence-electron chi connectivity index (χ3n) is 3.91. The number of ether oxygens (including phenoxy) is 1. The van der Waals surface area contributed by atoms with Gasteiger partial charge in [-0.3, -0.25) is 4.79 Å². The second kappa shape index (κ2) is 5.47. The van der Waals surface area contributed by atoms with Gasteiger partial charge in [0.1, 0.15) is 5.75 Å². The second-order valence-corrected chi connectivity index (χ2v) is 5.33. The smallest absolute Gasteiger partial charge is 0.307 e. The van der Waals surface area contributed by atoms with Crippen molar-refractivity contribution in [1.29, 1.82) is 0 Å². The molecular weight excluding hydrogens is 240 g/mol. The molecule has 0 radical (unpaired) electrons. The van der Waals surface area contributed by atoms with Crippen LogP contribution in [0.1, 0.15) is 25.8 Å². The lowest BCUT2D eigenvalue weighted by Gasteiger charge is -2.31. The van der Waals surface area contributed by atoms with E-state index in [0.29, 0.717) is 0 Å². The molecule has 1 aromatic rings. The van der Waals surface area contributed by atoms with E-state index in [1.165, 1.54) is 5.57 Å². The lowest BCUT2D eigenvalue weighted by Crippen LogP contribution is -2.30. The Morgan fingerprint density at radius 3 is 2.68 bits per heavy atom. The number of hydrogen-bond donors (Lipinski definition) is 1. The van der Waals surface area contributed by atoms with Crippen LogP contribution >= 0.6 is 0 Å². The van der Waals surface area contributed by atoms with Gasteiger partial charge >= 0.3 is 5.97 Å². The highest BCUT2D eigenvalue weighted by Gasteiger charge is 2.33. The summed E-state index contributed by atoms with van der Waals surface area (Å²) in [6.45, 7) is 4.00. The standard InChI is InChI=1S/C16H20O3/c1-10-7-13(8-11(2)15(10)16(17)18)12-5-4-6-14(9-12)19-3/h4-7,9-11,15H,8H2,1-3H3,(H,17,18). The summed E-state index contributed by atoms with van der Waals surface area (Å²) in [5.74, 6) is 0.0653. The van der Waals surface area contributed by atoms with Gasteiger partial charge in [0.25, 0.3) is 0 Å². The first-order valence-corrected chi connectivity index (χ1v) is 6.61. The highest BCUT2D eigenvalue weighted by molar-refractivity contribution is 5.75. The van der Waals surface area contributed by atoms with Gasteiger partial charge in [-0.05, 0) is 41.5 Å². The van der Waals surface area contributed by atoms with Crippen molar-refractivity contribution in [3.8, 4) is 5.75 Å². The zero-order chi connectivity index (χ0) is 14.0. The molecule has 3 unspecified atom stereocenters. The maximum Gasteiger partial charge on any atom is 0.307 e. The molecule has 0 saturated carbocycles. The lowest BCUT2D eigenvalue weighted by molar-refractivity contribution is -0.144. The quantitative estimate of drug-likeness (QED) is 0.905. The zero-order valence-corrected chi connectivity index (χ0v) is 11.6. The molecule has 3 atom stereocenters. The first kappa shape index (κ1) is 13.7. The molecule has 0 heterocycles. The molecule has 0 bridgehead atoms. The van der Waals surface area contributed by atoms with E-state index in [2.05, 4.69) is 12.1 Å². The van der Waals surface area contributed by atoms with Crippen LogP contribution < -0.4 is 4.74 Å². The molecule has 2 rings (SSSR count). The average molecular weight is 260 g/mol. The molecule has 1 N–H and O–H groups in total. The molecule has 0 aliphatic heterocycles. The number of carbonyl (C=O) groups is 1. The minimum atomic E-state index is -0.694. The molecule has 1 aromatic carbocycles. The molecule has 19 heavy (non-hydrogen) atoms. The number of carboxylic acid groups (broad SMARTS) is 1. The van der Waals surface area contributed by atoms with Crippen LogP contribution in [0.3, 0.4) is 0 Å². The van der Waals surface area contributed by atoms with E-state index in [4.69, 9.17) is 4.74 Å². The number of methoxy groups -OCH3 is 1. The van der Waals surface area contributed by atoms with Crippen molar-refractivity contribution in [2.75, 3.05) is 7.11 Å². The van der Waals surface area contributed by atoms with Crippen LogP contribution in [0.5, 0.6) is 5.75 Å². The number of aliphatic carboxylic acids is 1. The highest BCUT2D eigenvalue weighted by Crippen LogP contribution is 2.38. The van der Waals surface area contributed by atoms with E-state index in [9.17, 15) is 9.90 Å². The van der Waals surface area contributed by atoms with Crippen molar-refractivity contribution in [1.82, 2.24) is 0 Å². The Hall–Kier alpha value is -1.77. The Kier molecular flexibility index (Phi) is 3.93. The molecule has 0 amide bonds. The molecule has 0 fully saturated rings. The van der Waals surface area contributed by atoms with E-state index in [1.54, 1.807) is 7.11 Å². The van der Waals surface area contributed by atoms with E-state index in [-0.39, 0.29) is 17.8 Å². The van der Waals surface area contributed by atoms with Crippen molar-refractivity contribution in [3.63, 3.8) is 0 Å². The van der Waals surface area contributed by atoms with Gasteiger partial charge in [-0.1, -0.05) is 32.1 Å². The summed E-state index contributed by atoms with van der Waals surface area (Å²) in [6, 6.07) is 7.94. The van der Waals surface area contributed by atoms with Gasteiger partial charge in [0, 0.05) is 0 Å². The first-order valence-electron chi connectivity index (χ1n) is 6.61. The van der Waals surface area contributed by atoms with Gasteiger partial charge in [-0.2, -0.15) is 0 Å². The van der Waals surface area contributed by atoms with Gasteiger partial charge in [0.05, 0.1) is 13.0 Å². The average Bonchev–Trinajstić information content (AvgIpc) is 2.37. The van der Waals surface area contributed by atoms with Crippen molar-refractivity contribution >= 4 is 11.5 Å². The van der Waals surface area contributed by atoms with Gasteiger partial charge in [-0.15, -0.1) is 0 Å². The largest absolute Gasteiger partial charge is 0.497 e. The summed E-state index contributed by atoms with van der Waals surface area (Å²) in [7, 11) is 1.65. The number of carboxylic acids is 1. The Balaban J connectivity index is 2.31. The third-order valence-corrected chi connectivity index (χ3v) is 3.91. The SMILES string of the molecule is COc1cccc(C2=CC(C)C(C(=O)O)C(C)C2)c1. The third kappa shape index (κ3) is 2.80. The molecule has 102 valence electrons. The minimum Gasteiger partial charge on any atom is -0.497 e. The number of rotatable bonds is 3. The fourth-order valence-corrected chi connectivity index (χ4v) is 2.99. The molecule has 0 saturated heterocycles. The highest BCUT2D eigenvalue weighted by atomic mass is 16.5. The normalized spacial score (nSPS) is 26.7. The topological polar surface area (TPSA) is 46.5 Å². The van der Waals surface area contributed by atoms with Crippen LogP contribution in [0.2, 0.25) is 0 Å². The summed E-state index contributed by atoms with van der Waals surface area (Å²) < 4.78 is 5.24. The van der Waals surface area contributed by atoms with E-state index in [1.807, 2.05) is 32.0 Å². The molecule has 1 aliphatic rings. The van der Waals surface area contributed by atoms with E-state index >= 15 is 0 Å². The lowest BCUT2D eigenvalue weighted by atomic mass is 9.73. The number of hydrogen-bond acceptors (Lipinski definition) is 2. The van der Waals surface area contributed by atoms with Crippen molar-refractivity contribution in [2.45, 2.75) is 20.3 Å². The Labute approximate surface area is 113 Å². The summed E-state index contributed by atoms with van der Waals surface area (Å²) >= 11 is 0. The van der Waals surface area contributed by atoms with Crippen molar-refractivity contribution in [3.05, 3.63) is 35.9 Å². The minimum absolute atomic E-state index is 0.0578. The van der Waals surface area contributed by atoms with E-state index in [0.717, 1.165) is 17.7 Å². The summed E-state index contributed by atoms with van der Waals surface area (Å²) in [4.78, 5) is 11.3. The van der Waals surface area contributed by atoms with Crippen LogP contribution in [-0.2, 0) is 4.79 Å². The molecule has 1 aliphatic carbocycles. The van der Waals surface area contributed by atoms with Crippen molar-refractivity contribution in [2.24, 2.45) is 17.8 Å². The summed E-state index contributed by atoms with van der Waals surface area (Å²) in [6.07, 6.45) is 2.89. The molecule has 3 nitrogen and oxygen atoms in total. The maximum absolute atomic E-state index is 11.3. The Morgan fingerprint density at radius 1 is 1.37 bits per heavy atom. The van der Waals surface area contributed by atoms with Gasteiger partial charge in [0.15, 0.2) is 0 Å². The fourth-order valence-electron chi connectivity index (χ4n) is 2.99. The Bertz CT molecular complexity index is 504. The zero-order valence-electron chi connectivity index (χ0n) is 11.6. The fraction of sp³-hybridized carbons (Fsp3) is 0.438. The molecule has 0 aromatic heterocycles. The number of benzene rings is 1. The molecule has 0 spiro atoms. The van der Waals surface area contributed by atoms with E-state index < -0.39 is 5.97 Å². The monoisotopic (exact) mass is 260 g/mol. The van der Waals surface area contributed by atoms with Crippen LogP contribution in [0.4, 0.5) is 0 Å². The molecular formula is C16H20O3. The predicted octanol–water partition coefficient (Wildman–Crippen LogP) is 3.46. The van der Waals surface area contributed by atoms with Crippen LogP contribution in [0.25, 0.3) is 5.57 Å². The Morgan fingerprint density at radius 2 is 2.11 bits per heavy atom. The second-order valence-electron chi connectivity index (χ2n) is 5.33. The predicted molar refractivity (Wildman–Crippen MR) is 75.0 cm³/mol. The first-order chi connectivity index (χ1) is 9.02. The molecule has 3 heteroatoms. The van der Waals surface area contributed by atoms with Gasteiger partial charge < -0.3 is 9.84 Å². The van der Waals surface area contributed by atoms with Gasteiger partial charge in [0.2, 0.25) is 0 Å². The van der Waals surface area contributed by atoms with Crippen molar-refractivity contribution < 1.29 is 14.6 Å². The van der Waals surface area contributed by atoms with Gasteiger partial charge in [-0.25, -0.2) is 0 Å². The number of allylic oxidation sites excluding steroid dienone is 2. The summed E-state index contributed by atoms with van der Waals surface area (Å²) in [5, 5.41) is 9.27. The maximum atomic E-state index is 11.3. The van der Waals surface area contributed by atoms with Crippen LogP contribution in [0, 0.1) is 17.8 Å². The van der Waals surface area contributed by atoms with Crippen LogP contribution in [-0.4, -0.2) is 18.2 Å².